The second-order valence-electron chi connectivity index (χ2n) is 3.17. The molecule has 1 aromatic rings. The second-order valence-corrected chi connectivity index (χ2v) is 3.17. The zero-order valence-electron chi connectivity index (χ0n) is 8.10. The lowest BCUT2D eigenvalue weighted by Gasteiger charge is -1.98. The Bertz CT molecular complexity index is 474. The van der Waals surface area contributed by atoms with Crippen LogP contribution in [0.25, 0.3) is 6.08 Å². The van der Waals surface area contributed by atoms with Crippen molar-refractivity contribution < 1.29 is 14.7 Å². The van der Waals surface area contributed by atoms with Crippen LogP contribution in [-0.2, 0) is 9.63 Å². The molecule has 1 heterocycles. The van der Waals surface area contributed by atoms with Crippen LogP contribution < -0.4 is 0 Å². The van der Waals surface area contributed by atoms with Crippen molar-refractivity contribution in [3.63, 3.8) is 0 Å². The third kappa shape index (κ3) is 1.74. The van der Waals surface area contributed by atoms with E-state index in [0.717, 1.165) is 0 Å². The van der Waals surface area contributed by atoms with Gasteiger partial charge in [0.05, 0.1) is 11.3 Å². The lowest BCUT2D eigenvalue weighted by atomic mass is 10.1. The number of carbonyl (C=O) groups is 1. The standard InChI is InChI=1S/C11H9NO3/c1-7-9(11(14)15-12-7)6-8-4-2-3-5-10(8)13/h2-6,13H,1H3/b9-6-. The van der Waals surface area contributed by atoms with Crippen LogP contribution in [0.5, 0.6) is 5.75 Å². The van der Waals surface area contributed by atoms with Gasteiger partial charge < -0.3 is 9.94 Å². The van der Waals surface area contributed by atoms with E-state index >= 15 is 0 Å². The molecule has 0 bridgehead atoms. The van der Waals surface area contributed by atoms with Gasteiger partial charge in [0.15, 0.2) is 0 Å². The molecule has 1 aliphatic rings. The molecule has 0 fully saturated rings. The third-order valence-corrected chi connectivity index (χ3v) is 2.11. The summed E-state index contributed by atoms with van der Waals surface area (Å²) >= 11 is 0. The molecule has 15 heavy (non-hydrogen) atoms. The molecule has 1 N–H and O–H groups in total. The third-order valence-electron chi connectivity index (χ3n) is 2.11. The number of nitrogens with zero attached hydrogens (tertiary/aromatic N) is 1. The van der Waals surface area contributed by atoms with Gasteiger partial charge in [-0.2, -0.15) is 0 Å². The number of hydrogen-bond acceptors (Lipinski definition) is 4. The van der Waals surface area contributed by atoms with E-state index < -0.39 is 5.97 Å². The van der Waals surface area contributed by atoms with Crippen LogP contribution in [0.3, 0.4) is 0 Å². The quantitative estimate of drug-likeness (QED) is 0.558. The molecule has 0 aliphatic carbocycles. The van der Waals surface area contributed by atoms with Crippen LogP contribution >= 0.6 is 0 Å². The fourth-order valence-corrected chi connectivity index (χ4v) is 1.28. The van der Waals surface area contributed by atoms with Crippen molar-refractivity contribution >= 4 is 17.8 Å². The molecule has 4 heteroatoms. The van der Waals surface area contributed by atoms with Crippen LogP contribution in [0.15, 0.2) is 35.0 Å². The Balaban J connectivity index is 2.43. The average molecular weight is 203 g/mol. The summed E-state index contributed by atoms with van der Waals surface area (Å²) < 4.78 is 0. The summed E-state index contributed by atoms with van der Waals surface area (Å²) in [5, 5.41) is 13.0. The van der Waals surface area contributed by atoms with Gasteiger partial charge in [0.2, 0.25) is 0 Å². The molecule has 0 radical (unpaired) electrons. The number of phenolic OH excluding ortho intramolecular Hbond substituents is 1. The van der Waals surface area contributed by atoms with Gasteiger partial charge in [-0.1, -0.05) is 23.4 Å². The van der Waals surface area contributed by atoms with Gasteiger partial charge >= 0.3 is 5.97 Å². The van der Waals surface area contributed by atoms with Crippen LogP contribution in [0.2, 0.25) is 0 Å². The fourth-order valence-electron chi connectivity index (χ4n) is 1.28. The smallest absolute Gasteiger partial charge is 0.367 e. The molecule has 1 aliphatic heterocycles. The number of oxime groups is 1. The van der Waals surface area contributed by atoms with E-state index in [9.17, 15) is 9.90 Å². The Morgan fingerprint density at radius 3 is 2.73 bits per heavy atom. The Hall–Kier alpha value is -2.10. The minimum absolute atomic E-state index is 0.123. The highest BCUT2D eigenvalue weighted by molar-refractivity contribution is 6.24. The van der Waals surface area contributed by atoms with Crippen LogP contribution in [0.4, 0.5) is 0 Å². The first-order valence-corrected chi connectivity index (χ1v) is 4.44. The molecule has 2 rings (SSSR count). The minimum atomic E-state index is -0.490. The Labute approximate surface area is 86.5 Å². The van der Waals surface area contributed by atoms with Crippen molar-refractivity contribution in [1.29, 1.82) is 0 Å². The van der Waals surface area contributed by atoms with Crippen LogP contribution in [0.1, 0.15) is 12.5 Å². The van der Waals surface area contributed by atoms with E-state index in [-0.39, 0.29) is 5.75 Å². The molecule has 76 valence electrons. The molecular weight excluding hydrogens is 194 g/mol. The van der Waals surface area contributed by atoms with Crippen LogP contribution in [-0.4, -0.2) is 16.8 Å². The van der Waals surface area contributed by atoms with Gasteiger partial charge in [-0.05, 0) is 19.1 Å². The zero-order chi connectivity index (χ0) is 10.8. The summed E-state index contributed by atoms with van der Waals surface area (Å²) in [6, 6.07) is 6.75. The summed E-state index contributed by atoms with van der Waals surface area (Å²) in [6.45, 7) is 1.68. The number of para-hydroxylation sites is 1. The number of benzene rings is 1. The van der Waals surface area contributed by atoms with Crippen molar-refractivity contribution in [2.45, 2.75) is 6.92 Å². The highest BCUT2D eigenvalue weighted by atomic mass is 16.7. The molecule has 0 aromatic heterocycles. The number of aromatic hydroxyl groups is 1. The van der Waals surface area contributed by atoms with Crippen molar-refractivity contribution in [3.8, 4) is 5.75 Å². The first kappa shape index (κ1) is 9.45. The van der Waals surface area contributed by atoms with Crippen molar-refractivity contribution in [2.24, 2.45) is 5.16 Å². The maximum Gasteiger partial charge on any atom is 0.367 e. The largest absolute Gasteiger partial charge is 0.507 e. The molecule has 1 aromatic carbocycles. The topological polar surface area (TPSA) is 58.9 Å². The predicted octanol–water partition coefficient (Wildman–Crippen LogP) is 1.71. The number of hydrogen-bond donors (Lipinski definition) is 1. The zero-order valence-corrected chi connectivity index (χ0v) is 8.10. The lowest BCUT2D eigenvalue weighted by Crippen LogP contribution is -2.01. The van der Waals surface area contributed by atoms with E-state index in [2.05, 4.69) is 9.99 Å². The average Bonchev–Trinajstić information content (AvgIpc) is 2.53. The predicted molar refractivity (Wildman–Crippen MR) is 55.3 cm³/mol. The van der Waals surface area contributed by atoms with E-state index in [1.54, 1.807) is 37.3 Å². The summed E-state index contributed by atoms with van der Waals surface area (Å²) in [4.78, 5) is 15.7. The van der Waals surface area contributed by atoms with E-state index in [0.29, 0.717) is 16.8 Å². The summed E-state index contributed by atoms with van der Waals surface area (Å²) in [7, 11) is 0. The van der Waals surface area contributed by atoms with Gasteiger partial charge in [0.25, 0.3) is 0 Å². The van der Waals surface area contributed by atoms with Crippen molar-refractivity contribution in [1.82, 2.24) is 0 Å². The Kier molecular flexibility index (Phi) is 2.25. The lowest BCUT2D eigenvalue weighted by molar-refractivity contribution is -0.136. The number of phenols is 1. The summed E-state index contributed by atoms with van der Waals surface area (Å²) in [5.41, 5.74) is 1.46. The molecule has 0 amide bonds. The summed E-state index contributed by atoms with van der Waals surface area (Å²) in [6.07, 6.45) is 1.56. The summed E-state index contributed by atoms with van der Waals surface area (Å²) in [5.74, 6) is -0.367. The van der Waals surface area contributed by atoms with Crippen molar-refractivity contribution in [3.05, 3.63) is 35.4 Å². The second kappa shape index (κ2) is 3.57. The van der Waals surface area contributed by atoms with E-state index in [4.69, 9.17) is 0 Å². The van der Waals surface area contributed by atoms with E-state index in [1.165, 1.54) is 0 Å². The fraction of sp³-hybridized carbons (Fsp3) is 0.0909. The molecule has 0 unspecified atom stereocenters. The normalized spacial score (nSPS) is 17.8. The monoisotopic (exact) mass is 203 g/mol. The van der Waals surface area contributed by atoms with Gasteiger partial charge in [0, 0.05) is 5.56 Å². The number of rotatable bonds is 1. The van der Waals surface area contributed by atoms with Gasteiger partial charge in [-0.25, -0.2) is 4.79 Å². The van der Waals surface area contributed by atoms with Gasteiger partial charge in [-0.15, -0.1) is 0 Å². The molecule has 0 saturated heterocycles. The molecule has 0 atom stereocenters. The molecular formula is C11H9NO3. The number of carbonyl (C=O) groups excluding carboxylic acids is 1. The van der Waals surface area contributed by atoms with Crippen LogP contribution in [0, 0.1) is 0 Å². The SMILES string of the molecule is CC1=NOC(=O)/C1=C\c1ccccc1O. The maximum absolute atomic E-state index is 11.2. The Morgan fingerprint density at radius 1 is 1.40 bits per heavy atom. The highest BCUT2D eigenvalue weighted by Gasteiger charge is 2.21. The van der Waals surface area contributed by atoms with Crippen molar-refractivity contribution in [2.75, 3.05) is 0 Å². The van der Waals surface area contributed by atoms with Gasteiger partial charge in [0.1, 0.15) is 5.75 Å². The first-order valence-electron chi connectivity index (χ1n) is 4.44. The Morgan fingerprint density at radius 2 is 2.13 bits per heavy atom. The maximum atomic E-state index is 11.2. The van der Waals surface area contributed by atoms with E-state index in [1.807, 2.05) is 0 Å². The first-order chi connectivity index (χ1) is 7.18. The highest BCUT2D eigenvalue weighted by Crippen LogP contribution is 2.21. The molecule has 0 spiro atoms. The molecule has 0 saturated carbocycles. The van der Waals surface area contributed by atoms with Gasteiger partial charge in [-0.3, -0.25) is 0 Å². The minimum Gasteiger partial charge on any atom is -0.507 e. The molecule has 4 nitrogen and oxygen atoms in total.